The molecule has 0 fully saturated rings. The molecule has 0 atom stereocenters. The molecule has 0 spiro atoms. The fourth-order valence-corrected chi connectivity index (χ4v) is 2.90. The quantitative estimate of drug-likeness (QED) is 0.636. The molecule has 2 aromatic rings. The highest BCUT2D eigenvalue weighted by atomic mass is 16.2. The lowest BCUT2D eigenvalue weighted by atomic mass is 9.99. The molecule has 5 heteroatoms. The average molecular weight is 380 g/mol. The lowest BCUT2D eigenvalue weighted by molar-refractivity contribution is -0.121. The molecule has 5 nitrogen and oxygen atoms in total. The Hall–Kier alpha value is -2.95. The van der Waals surface area contributed by atoms with Crippen molar-refractivity contribution in [2.45, 2.75) is 53.0 Å². The summed E-state index contributed by atoms with van der Waals surface area (Å²) in [5.74, 6) is -0.204. The van der Waals surface area contributed by atoms with Gasteiger partial charge in [-0.1, -0.05) is 36.8 Å². The van der Waals surface area contributed by atoms with E-state index in [1.165, 1.54) is 0 Å². The van der Waals surface area contributed by atoms with E-state index < -0.39 is 0 Å². The summed E-state index contributed by atoms with van der Waals surface area (Å²) in [5.41, 5.74) is 4.25. The van der Waals surface area contributed by atoms with E-state index >= 15 is 0 Å². The van der Waals surface area contributed by atoms with Gasteiger partial charge >= 0.3 is 0 Å². The van der Waals surface area contributed by atoms with Crippen LogP contribution in [0.3, 0.4) is 0 Å². The first-order chi connectivity index (χ1) is 13.4. The summed E-state index contributed by atoms with van der Waals surface area (Å²) in [6, 6.07) is 13.2. The maximum absolute atomic E-state index is 12.4. The number of ketones is 1. The molecule has 28 heavy (non-hydrogen) atoms. The highest BCUT2D eigenvalue weighted by molar-refractivity contribution is 5.99. The van der Waals surface area contributed by atoms with E-state index in [9.17, 15) is 14.4 Å². The molecule has 0 aliphatic rings. The number of anilines is 1. The first-order valence-electron chi connectivity index (χ1n) is 9.65. The van der Waals surface area contributed by atoms with Crippen molar-refractivity contribution in [1.29, 1.82) is 0 Å². The van der Waals surface area contributed by atoms with Crippen LogP contribution in [-0.2, 0) is 16.1 Å². The second-order valence-electron chi connectivity index (χ2n) is 7.02. The SMILES string of the molecule is CCCC(=O)Nc1cccc(CNC(=O)CCC(=O)c2cc(C)ccc2C)c1. The highest BCUT2D eigenvalue weighted by Gasteiger charge is 2.12. The number of rotatable bonds is 9. The molecule has 0 unspecified atom stereocenters. The molecule has 2 aromatic carbocycles. The van der Waals surface area contributed by atoms with Crippen LogP contribution in [0.2, 0.25) is 0 Å². The summed E-state index contributed by atoms with van der Waals surface area (Å²) in [6.07, 6.45) is 1.61. The van der Waals surface area contributed by atoms with Gasteiger partial charge in [-0.05, 0) is 49.6 Å². The Labute approximate surface area is 166 Å². The van der Waals surface area contributed by atoms with Crippen molar-refractivity contribution in [3.8, 4) is 0 Å². The zero-order valence-electron chi connectivity index (χ0n) is 16.8. The van der Waals surface area contributed by atoms with Crippen LogP contribution in [-0.4, -0.2) is 17.6 Å². The molecule has 0 saturated carbocycles. The molecule has 0 bridgehead atoms. The summed E-state index contributed by atoms with van der Waals surface area (Å²) in [6.45, 7) is 6.16. The molecule has 0 aromatic heterocycles. The first kappa shape index (κ1) is 21.4. The van der Waals surface area contributed by atoms with Crippen LogP contribution in [0.5, 0.6) is 0 Å². The van der Waals surface area contributed by atoms with Crippen LogP contribution in [0.1, 0.15) is 59.7 Å². The zero-order chi connectivity index (χ0) is 20.5. The number of aryl methyl sites for hydroxylation is 2. The van der Waals surface area contributed by atoms with Crippen LogP contribution in [0, 0.1) is 13.8 Å². The summed E-state index contributed by atoms with van der Waals surface area (Å²) in [7, 11) is 0. The minimum Gasteiger partial charge on any atom is -0.352 e. The molecular weight excluding hydrogens is 352 g/mol. The van der Waals surface area contributed by atoms with Gasteiger partial charge in [-0.2, -0.15) is 0 Å². The number of benzene rings is 2. The van der Waals surface area contributed by atoms with Gasteiger partial charge in [-0.15, -0.1) is 0 Å². The van der Waals surface area contributed by atoms with Gasteiger partial charge in [0, 0.05) is 37.1 Å². The van der Waals surface area contributed by atoms with E-state index in [0.717, 1.165) is 28.8 Å². The number of carbonyl (C=O) groups excluding carboxylic acids is 3. The normalized spacial score (nSPS) is 10.4. The summed E-state index contributed by atoms with van der Waals surface area (Å²) in [4.78, 5) is 36.2. The maximum Gasteiger partial charge on any atom is 0.224 e. The van der Waals surface area contributed by atoms with Gasteiger partial charge in [0.1, 0.15) is 0 Å². The third kappa shape index (κ3) is 6.65. The lowest BCUT2D eigenvalue weighted by Gasteiger charge is -2.09. The molecule has 0 saturated heterocycles. The number of carbonyl (C=O) groups is 3. The summed E-state index contributed by atoms with van der Waals surface area (Å²) < 4.78 is 0. The Bertz CT molecular complexity index is 859. The van der Waals surface area contributed by atoms with Crippen LogP contribution in [0.4, 0.5) is 5.69 Å². The smallest absolute Gasteiger partial charge is 0.224 e. The average Bonchev–Trinajstić information content (AvgIpc) is 2.66. The minimum atomic E-state index is -0.168. The summed E-state index contributed by atoms with van der Waals surface area (Å²) in [5, 5.41) is 5.68. The fourth-order valence-electron chi connectivity index (χ4n) is 2.90. The van der Waals surface area contributed by atoms with Crippen molar-refractivity contribution in [2.24, 2.45) is 0 Å². The maximum atomic E-state index is 12.4. The van der Waals surface area contributed by atoms with E-state index in [4.69, 9.17) is 0 Å². The Morgan fingerprint density at radius 2 is 1.68 bits per heavy atom. The van der Waals surface area contributed by atoms with Crippen molar-refractivity contribution in [2.75, 3.05) is 5.32 Å². The Kier molecular flexibility index (Phi) is 7.93. The third-order valence-electron chi connectivity index (χ3n) is 4.45. The van der Waals surface area contributed by atoms with Gasteiger partial charge < -0.3 is 10.6 Å². The van der Waals surface area contributed by atoms with Crippen molar-refractivity contribution in [3.63, 3.8) is 0 Å². The Balaban J connectivity index is 1.83. The second-order valence-corrected chi connectivity index (χ2v) is 7.02. The van der Waals surface area contributed by atoms with Crippen LogP contribution in [0.25, 0.3) is 0 Å². The molecule has 148 valence electrons. The Morgan fingerprint density at radius 3 is 2.43 bits per heavy atom. The number of hydrogen-bond donors (Lipinski definition) is 2. The van der Waals surface area contributed by atoms with Crippen molar-refractivity contribution >= 4 is 23.3 Å². The minimum absolute atomic E-state index is 0.0167. The van der Waals surface area contributed by atoms with Crippen LogP contribution < -0.4 is 10.6 Å². The van der Waals surface area contributed by atoms with Gasteiger partial charge in [-0.3, -0.25) is 14.4 Å². The largest absolute Gasteiger partial charge is 0.352 e. The van der Waals surface area contributed by atoms with Crippen molar-refractivity contribution in [1.82, 2.24) is 5.32 Å². The molecule has 0 aliphatic heterocycles. The van der Waals surface area contributed by atoms with E-state index in [-0.39, 0.29) is 30.4 Å². The van der Waals surface area contributed by atoms with E-state index in [1.54, 1.807) is 0 Å². The number of hydrogen-bond acceptors (Lipinski definition) is 3. The number of amides is 2. The molecule has 2 rings (SSSR count). The molecule has 0 aliphatic carbocycles. The molecule has 2 N–H and O–H groups in total. The molecule has 2 amide bonds. The topological polar surface area (TPSA) is 75.3 Å². The zero-order valence-corrected chi connectivity index (χ0v) is 16.8. The standard InChI is InChI=1S/C23H28N2O3/c1-4-6-23(28)25-19-8-5-7-18(14-19)15-24-22(27)12-11-21(26)20-13-16(2)9-10-17(20)3/h5,7-10,13-14H,4,6,11-12,15H2,1-3H3,(H,24,27)(H,25,28). The van der Waals surface area contributed by atoms with Gasteiger partial charge in [0.2, 0.25) is 11.8 Å². The lowest BCUT2D eigenvalue weighted by Crippen LogP contribution is -2.23. The van der Waals surface area contributed by atoms with E-state index in [1.807, 2.05) is 63.2 Å². The number of Topliss-reactive ketones (excluding diaryl/α,β-unsaturated/α-hetero) is 1. The summed E-state index contributed by atoms with van der Waals surface area (Å²) >= 11 is 0. The van der Waals surface area contributed by atoms with Gasteiger partial charge in [0.05, 0.1) is 0 Å². The first-order valence-corrected chi connectivity index (χ1v) is 9.65. The predicted molar refractivity (Wildman–Crippen MR) is 111 cm³/mol. The van der Waals surface area contributed by atoms with Crippen LogP contribution in [0.15, 0.2) is 42.5 Å². The van der Waals surface area contributed by atoms with E-state index in [2.05, 4.69) is 10.6 Å². The van der Waals surface area contributed by atoms with Crippen molar-refractivity contribution in [3.05, 3.63) is 64.7 Å². The molecule has 0 heterocycles. The second kappa shape index (κ2) is 10.4. The van der Waals surface area contributed by atoms with Gasteiger partial charge in [0.15, 0.2) is 5.78 Å². The van der Waals surface area contributed by atoms with Crippen molar-refractivity contribution < 1.29 is 14.4 Å². The predicted octanol–water partition coefficient (Wildman–Crippen LogP) is 4.32. The molecule has 0 radical (unpaired) electrons. The molecular formula is C23H28N2O3. The fraction of sp³-hybridized carbons (Fsp3) is 0.348. The van der Waals surface area contributed by atoms with E-state index in [0.29, 0.717) is 18.5 Å². The van der Waals surface area contributed by atoms with Gasteiger partial charge in [0.25, 0.3) is 0 Å². The number of nitrogens with one attached hydrogen (secondary N) is 2. The Morgan fingerprint density at radius 1 is 0.893 bits per heavy atom. The highest BCUT2D eigenvalue weighted by Crippen LogP contribution is 2.14. The monoisotopic (exact) mass is 380 g/mol. The van der Waals surface area contributed by atoms with Gasteiger partial charge in [-0.25, -0.2) is 0 Å². The third-order valence-corrected chi connectivity index (χ3v) is 4.45. The van der Waals surface area contributed by atoms with Crippen LogP contribution >= 0.6 is 0 Å².